The zero-order chi connectivity index (χ0) is 8.69. The average molecular weight is 169 g/mol. The molecule has 0 rings (SSSR count). The Bertz CT molecular complexity index is 221. The van der Waals surface area contributed by atoms with Crippen LogP contribution in [0.4, 0.5) is 0 Å². The molecule has 1 heteroatoms. The van der Waals surface area contributed by atoms with Gasteiger partial charge in [-0.15, -0.1) is 18.1 Å². The number of rotatable bonds is 3. The second-order valence-corrected chi connectivity index (χ2v) is 4.54. The van der Waals surface area contributed by atoms with Gasteiger partial charge in [-0.3, -0.25) is 0 Å². The molecule has 0 heterocycles. The fraction of sp³-hybridized carbons (Fsp3) is 0.600. The maximum absolute atomic E-state index is 3.93. The lowest BCUT2D eigenvalue weighted by Gasteiger charge is -2.06. The van der Waals surface area contributed by atoms with Crippen LogP contribution in [-0.4, -0.2) is 17.5 Å². The summed E-state index contributed by atoms with van der Waals surface area (Å²) in [6.45, 7) is 4.12. The molecule has 0 fully saturated rings. The summed E-state index contributed by atoms with van der Waals surface area (Å²) in [7, 11) is 0.235. The Morgan fingerprint density at radius 2 is 2.27 bits per heavy atom. The maximum Gasteiger partial charge on any atom is 0.0116 e. The smallest absolute Gasteiger partial charge is 0.0116 e. The summed E-state index contributed by atoms with van der Waals surface area (Å²) < 4.78 is 0. The second-order valence-electron chi connectivity index (χ2n) is 2.83. The lowest BCUT2D eigenvalue weighted by Crippen LogP contribution is -1.94. The fourth-order valence-electron chi connectivity index (χ4n) is 0.688. The first-order valence-electron chi connectivity index (χ1n) is 3.84. The summed E-state index contributed by atoms with van der Waals surface area (Å²) in [4.78, 5) is 0. The Kier molecular flexibility index (Phi) is 6.16. The van der Waals surface area contributed by atoms with Crippen molar-refractivity contribution in [3.05, 3.63) is 0 Å². The van der Waals surface area contributed by atoms with Crippen LogP contribution < -0.4 is 0 Å². The van der Waals surface area contributed by atoms with Gasteiger partial charge in [-0.2, -0.15) is 0 Å². The van der Waals surface area contributed by atoms with E-state index in [2.05, 4.69) is 36.3 Å². The molecule has 0 aliphatic heterocycles. The summed E-state index contributed by atoms with van der Waals surface area (Å²) in [5.74, 6) is 10.6. The van der Waals surface area contributed by atoms with Gasteiger partial charge in [-0.25, -0.2) is 11.2 Å². The minimum absolute atomic E-state index is 0.235. The lowest BCUT2D eigenvalue weighted by atomic mass is 10.1. The molecule has 64 valence electrons. The van der Waals surface area contributed by atoms with Gasteiger partial charge in [-0.05, 0) is 12.8 Å². The van der Waals surface area contributed by atoms with Crippen LogP contribution in [0.15, 0.2) is 0 Å². The molecule has 0 aromatic heterocycles. The van der Waals surface area contributed by atoms with E-state index in [0.717, 1.165) is 12.8 Å². The average Bonchev–Trinajstić information content (AvgIpc) is 1.97. The van der Waals surface area contributed by atoms with Gasteiger partial charge in [0.25, 0.3) is 0 Å². The molecule has 11 heavy (non-hydrogen) atoms. The lowest BCUT2D eigenvalue weighted by molar-refractivity contribution is 0.638. The van der Waals surface area contributed by atoms with Crippen molar-refractivity contribution in [2.45, 2.75) is 26.7 Å². The van der Waals surface area contributed by atoms with Crippen LogP contribution in [0, 0.1) is 17.8 Å². The van der Waals surface area contributed by atoms with Crippen LogP contribution >= 0.6 is 0 Å². The SMILES string of the molecule is C=[S-](C)=CCC(C)CC#CC. The Labute approximate surface area is 72.5 Å². The quantitative estimate of drug-likeness (QED) is 0.344. The van der Waals surface area contributed by atoms with E-state index in [1.165, 1.54) is 0 Å². The van der Waals surface area contributed by atoms with E-state index in [4.69, 9.17) is 0 Å². The van der Waals surface area contributed by atoms with Crippen molar-refractivity contribution in [1.82, 2.24) is 0 Å². The van der Waals surface area contributed by atoms with Gasteiger partial charge in [0.2, 0.25) is 0 Å². The van der Waals surface area contributed by atoms with Gasteiger partial charge >= 0.3 is 0 Å². The second kappa shape index (κ2) is 6.37. The molecule has 0 N–H and O–H groups in total. The van der Waals surface area contributed by atoms with Gasteiger partial charge in [0.1, 0.15) is 0 Å². The molecule has 1 atom stereocenters. The molecular weight excluding hydrogens is 152 g/mol. The summed E-state index contributed by atoms with van der Waals surface area (Å²) in [5, 5.41) is 2.28. The van der Waals surface area contributed by atoms with Crippen LogP contribution in [-0.2, 0) is 10.1 Å². The predicted molar refractivity (Wildman–Crippen MR) is 58.3 cm³/mol. The molecule has 0 saturated heterocycles. The minimum Gasteiger partial charge on any atom is -0.485 e. The first kappa shape index (κ1) is 10.7. The molecule has 0 aromatic rings. The largest absolute Gasteiger partial charge is 0.485 e. The van der Waals surface area contributed by atoms with Crippen molar-refractivity contribution in [3.8, 4) is 11.8 Å². The third kappa shape index (κ3) is 7.55. The Balaban J connectivity index is 3.67. The maximum atomic E-state index is 3.93. The number of hydrogen-bond acceptors (Lipinski definition) is 1. The van der Waals surface area contributed by atoms with E-state index >= 15 is 0 Å². The van der Waals surface area contributed by atoms with Crippen LogP contribution in [0.25, 0.3) is 0 Å². The van der Waals surface area contributed by atoms with Crippen molar-refractivity contribution in [1.29, 1.82) is 0 Å². The molecule has 0 aromatic carbocycles. The third-order valence-electron chi connectivity index (χ3n) is 1.41. The van der Waals surface area contributed by atoms with Gasteiger partial charge in [0.05, 0.1) is 0 Å². The van der Waals surface area contributed by atoms with Gasteiger partial charge in [0, 0.05) is 6.42 Å². The minimum atomic E-state index is 0.235. The van der Waals surface area contributed by atoms with Crippen molar-refractivity contribution in [2.75, 3.05) is 6.26 Å². The van der Waals surface area contributed by atoms with Gasteiger partial charge in [-0.1, -0.05) is 13.3 Å². The van der Waals surface area contributed by atoms with Crippen LogP contribution in [0.2, 0.25) is 0 Å². The molecule has 0 aliphatic carbocycles. The predicted octanol–water partition coefficient (Wildman–Crippen LogP) is 1.91. The van der Waals surface area contributed by atoms with Crippen molar-refractivity contribution in [3.63, 3.8) is 0 Å². The van der Waals surface area contributed by atoms with E-state index < -0.39 is 0 Å². The first-order chi connectivity index (χ1) is 5.16. The normalized spacial score (nSPS) is 15.2. The summed E-state index contributed by atoms with van der Waals surface area (Å²) in [6.07, 6.45) is 4.31. The Morgan fingerprint density at radius 3 is 2.73 bits per heavy atom. The molecular formula is C10H17S-. The van der Waals surface area contributed by atoms with Crippen molar-refractivity contribution < 1.29 is 0 Å². The molecule has 0 radical (unpaired) electrons. The van der Waals surface area contributed by atoms with Gasteiger partial charge < -0.3 is 10.1 Å². The Hall–Kier alpha value is -0.350. The third-order valence-corrected chi connectivity index (χ3v) is 2.17. The topological polar surface area (TPSA) is 0 Å². The Morgan fingerprint density at radius 1 is 1.64 bits per heavy atom. The summed E-state index contributed by atoms with van der Waals surface area (Å²) >= 11 is 0. The summed E-state index contributed by atoms with van der Waals surface area (Å²) in [6, 6.07) is 0. The molecule has 0 nitrogen and oxygen atoms in total. The summed E-state index contributed by atoms with van der Waals surface area (Å²) in [5.41, 5.74) is 0. The van der Waals surface area contributed by atoms with Crippen LogP contribution in [0.5, 0.6) is 0 Å². The molecule has 0 saturated carbocycles. The van der Waals surface area contributed by atoms with Crippen LogP contribution in [0.3, 0.4) is 0 Å². The van der Waals surface area contributed by atoms with Crippen LogP contribution in [0.1, 0.15) is 26.7 Å². The highest BCUT2D eigenvalue weighted by Gasteiger charge is 1.92. The van der Waals surface area contributed by atoms with E-state index in [9.17, 15) is 0 Å². The first-order valence-corrected chi connectivity index (χ1v) is 5.70. The highest BCUT2D eigenvalue weighted by atomic mass is 32.2. The van der Waals surface area contributed by atoms with Gasteiger partial charge in [0.15, 0.2) is 0 Å². The highest BCUT2D eigenvalue weighted by Crippen LogP contribution is 2.03. The standard InChI is InChI=1S/C10H17S/c1-5-6-7-10(2)8-9-11(3)4/h9-10H,3,7-8H2,1-2,4H3/q-1. The number of hydrogen-bond donors (Lipinski definition) is 0. The highest BCUT2D eigenvalue weighted by molar-refractivity contribution is 7.92. The van der Waals surface area contributed by atoms with E-state index in [-0.39, 0.29) is 10.1 Å². The van der Waals surface area contributed by atoms with E-state index in [1.54, 1.807) is 0 Å². The molecule has 0 spiro atoms. The van der Waals surface area contributed by atoms with E-state index in [1.807, 2.05) is 6.92 Å². The zero-order valence-electron chi connectivity index (χ0n) is 7.68. The van der Waals surface area contributed by atoms with Crippen molar-refractivity contribution in [2.24, 2.45) is 5.92 Å². The monoisotopic (exact) mass is 169 g/mol. The molecule has 1 unspecified atom stereocenters. The molecule has 0 amide bonds. The van der Waals surface area contributed by atoms with Crippen molar-refractivity contribution >= 4 is 21.3 Å². The van der Waals surface area contributed by atoms with E-state index in [0.29, 0.717) is 5.92 Å². The molecule has 0 bridgehead atoms. The zero-order valence-corrected chi connectivity index (χ0v) is 8.50. The molecule has 0 aliphatic rings. The fourth-order valence-corrected chi connectivity index (χ4v) is 1.35.